The number of aromatic carboxylic acids is 1. The van der Waals surface area contributed by atoms with E-state index in [4.69, 9.17) is 4.74 Å². The number of nitrogens with one attached hydrogen (secondary N) is 1. The quantitative estimate of drug-likeness (QED) is 0.634. The van der Waals surface area contributed by atoms with Crippen molar-refractivity contribution >= 4 is 5.97 Å². The van der Waals surface area contributed by atoms with Crippen molar-refractivity contribution < 1.29 is 44.2 Å². The maximum Gasteiger partial charge on any atom is 1.00 e. The van der Waals surface area contributed by atoms with E-state index in [1.54, 1.807) is 13.2 Å². The zero-order valence-corrected chi connectivity index (χ0v) is 11.7. The molecule has 4 nitrogen and oxygen atoms in total. The zero-order chi connectivity index (χ0) is 11.5. The molecule has 0 saturated heterocycles. The van der Waals surface area contributed by atoms with E-state index >= 15 is 0 Å². The van der Waals surface area contributed by atoms with Gasteiger partial charge in [0.25, 0.3) is 0 Å². The zero-order valence-electron chi connectivity index (χ0n) is 9.69. The summed E-state index contributed by atoms with van der Waals surface area (Å²) in [4.78, 5) is 13.4. The number of carbonyl (C=O) groups is 1. The first-order valence-electron chi connectivity index (χ1n) is 4.76. The van der Waals surface area contributed by atoms with Gasteiger partial charge in [-0.05, 0) is 24.3 Å². The molecule has 2 aromatic rings. The second-order valence-electron chi connectivity index (χ2n) is 3.27. The number of carbonyl (C=O) groups excluding carboxylic acids is 1. The molecule has 2 rings (SSSR count). The van der Waals surface area contributed by atoms with E-state index in [-0.39, 0.29) is 35.3 Å². The van der Waals surface area contributed by atoms with E-state index in [0.29, 0.717) is 11.4 Å². The molecule has 0 atom stereocenters. The number of aromatic nitrogens is 1. The Labute approximate surface area is 121 Å². The topological polar surface area (TPSA) is 65.2 Å². The van der Waals surface area contributed by atoms with Gasteiger partial charge in [-0.1, -0.05) is 12.1 Å². The van der Waals surface area contributed by atoms with Crippen LogP contribution in [0.25, 0.3) is 11.3 Å². The van der Waals surface area contributed by atoms with Crippen LogP contribution >= 0.6 is 0 Å². The van der Waals surface area contributed by atoms with Crippen LogP contribution in [0.2, 0.25) is 0 Å². The Morgan fingerprint density at radius 1 is 1.24 bits per heavy atom. The number of hydrogen-bond donors (Lipinski definition) is 1. The van der Waals surface area contributed by atoms with Gasteiger partial charge in [0.2, 0.25) is 0 Å². The minimum atomic E-state index is -1.22. The second-order valence-corrected chi connectivity index (χ2v) is 3.27. The fourth-order valence-electron chi connectivity index (χ4n) is 1.54. The number of carboxylic acid groups (broad SMARTS) is 1. The molecular formula is C12H10NNaO3. The van der Waals surface area contributed by atoms with Crippen LogP contribution in [0.1, 0.15) is 10.5 Å². The molecule has 0 spiro atoms. The van der Waals surface area contributed by atoms with Gasteiger partial charge in [0.05, 0.1) is 18.8 Å². The second kappa shape index (κ2) is 5.91. The average Bonchev–Trinajstić information content (AvgIpc) is 2.78. The van der Waals surface area contributed by atoms with E-state index in [2.05, 4.69) is 4.98 Å². The van der Waals surface area contributed by atoms with Crippen molar-refractivity contribution in [2.75, 3.05) is 7.11 Å². The molecule has 5 heteroatoms. The number of carboxylic acids is 1. The standard InChI is InChI=1S/C12H11NO3.Na/c1-16-11-5-3-2-4-8(11)9-6-7-10(13-9)12(14)15;/h2-7,13H,1H3,(H,14,15);/q;+1/p-1. The van der Waals surface area contributed by atoms with Crippen LogP contribution in [0, 0.1) is 0 Å². The fourth-order valence-corrected chi connectivity index (χ4v) is 1.54. The van der Waals surface area contributed by atoms with Gasteiger partial charge in [0, 0.05) is 11.3 Å². The number of aromatic amines is 1. The molecule has 0 radical (unpaired) electrons. The van der Waals surface area contributed by atoms with Crippen molar-refractivity contribution in [3.8, 4) is 17.0 Å². The predicted molar refractivity (Wildman–Crippen MR) is 57.1 cm³/mol. The van der Waals surface area contributed by atoms with E-state index < -0.39 is 5.97 Å². The molecule has 1 aromatic carbocycles. The third-order valence-corrected chi connectivity index (χ3v) is 2.30. The third-order valence-electron chi connectivity index (χ3n) is 2.30. The third kappa shape index (κ3) is 2.91. The molecule has 0 saturated carbocycles. The molecule has 17 heavy (non-hydrogen) atoms. The number of H-pyrrole nitrogens is 1. The summed E-state index contributed by atoms with van der Waals surface area (Å²) in [6.07, 6.45) is 0. The summed E-state index contributed by atoms with van der Waals surface area (Å²) in [6.45, 7) is 0. The van der Waals surface area contributed by atoms with Crippen LogP contribution in [0.3, 0.4) is 0 Å². The van der Waals surface area contributed by atoms with E-state index in [0.717, 1.165) is 5.56 Å². The van der Waals surface area contributed by atoms with Crippen LogP contribution in [0.4, 0.5) is 0 Å². The Morgan fingerprint density at radius 3 is 2.53 bits per heavy atom. The van der Waals surface area contributed by atoms with Gasteiger partial charge < -0.3 is 19.6 Å². The Balaban J connectivity index is 0.00000144. The molecule has 0 unspecified atom stereocenters. The van der Waals surface area contributed by atoms with Gasteiger partial charge in [-0.25, -0.2) is 0 Å². The van der Waals surface area contributed by atoms with Crippen LogP contribution in [0.15, 0.2) is 36.4 Å². The van der Waals surface area contributed by atoms with Crippen LogP contribution in [-0.2, 0) is 0 Å². The molecule has 0 aliphatic rings. The summed E-state index contributed by atoms with van der Waals surface area (Å²) in [7, 11) is 1.57. The van der Waals surface area contributed by atoms with Gasteiger partial charge in [0.1, 0.15) is 5.75 Å². The minimum Gasteiger partial charge on any atom is -0.543 e. The van der Waals surface area contributed by atoms with Gasteiger partial charge in [-0.3, -0.25) is 0 Å². The normalized spacial score (nSPS) is 9.47. The number of methoxy groups -OCH3 is 1. The predicted octanol–water partition coefficient (Wildman–Crippen LogP) is -1.94. The fraction of sp³-hybridized carbons (Fsp3) is 0.0833. The molecule has 0 amide bonds. The Hall–Kier alpha value is -1.23. The van der Waals surface area contributed by atoms with Gasteiger partial charge in [0.15, 0.2) is 0 Å². The summed E-state index contributed by atoms with van der Waals surface area (Å²) < 4.78 is 5.19. The first-order valence-corrected chi connectivity index (χ1v) is 4.76. The first kappa shape index (κ1) is 13.8. The van der Waals surface area contributed by atoms with Gasteiger partial charge >= 0.3 is 29.6 Å². The molecular weight excluding hydrogens is 229 g/mol. The summed E-state index contributed by atoms with van der Waals surface area (Å²) in [5, 5.41) is 10.6. The van der Waals surface area contributed by atoms with Crippen molar-refractivity contribution in [2.45, 2.75) is 0 Å². The average molecular weight is 239 g/mol. The summed E-state index contributed by atoms with van der Waals surface area (Å²) in [6, 6.07) is 10.5. The summed E-state index contributed by atoms with van der Waals surface area (Å²) >= 11 is 0. The van der Waals surface area contributed by atoms with E-state index in [9.17, 15) is 9.90 Å². The first-order chi connectivity index (χ1) is 7.72. The number of para-hydroxylation sites is 1. The van der Waals surface area contributed by atoms with Crippen molar-refractivity contribution in [3.05, 3.63) is 42.1 Å². The van der Waals surface area contributed by atoms with Gasteiger partial charge in [-0.15, -0.1) is 0 Å². The van der Waals surface area contributed by atoms with Crippen LogP contribution in [0.5, 0.6) is 5.75 Å². The molecule has 0 bridgehead atoms. The van der Waals surface area contributed by atoms with Crippen molar-refractivity contribution in [1.82, 2.24) is 4.98 Å². The van der Waals surface area contributed by atoms with Gasteiger partial charge in [-0.2, -0.15) is 0 Å². The van der Waals surface area contributed by atoms with Crippen LogP contribution < -0.4 is 39.4 Å². The smallest absolute Gasteiger partial charge is 0.543 e. The molecule has 1 heterocycles. The number of hydrogen-bond acceptors (Lipinski definition) is 3. The Bertz CT molecular complexity index is 522. The maximum absolute atomic E-state index is 10.6. The molecule has 82 valence electrons. The number of benzene rings is 1. The van der Waals surface area contributed by atoms with Crippen molar-refractivity contribution in [2.24, 2.45) is 0 Å². The molecule has 0 aliphatic carbocycles. The monoisotopic (exact) mass is 239 g/mol. The Kier molecular flexibility index (Phi) is 4.81. The van der Waals surface area contributed by atoms with Crippen molar-refractivity contribution in [3.63, 3.8) is 0 Å². The summed E-state index contributed by atoms with van der Waals surface area (Å²) in [5.41, 5.74) is 1.56. The molecule has 0 aliphatic heterocycles. The Morgan fingerprint density at radius 2 is 1.94 bits per heavy atom. The SMILES string of the molecule is COc1ccccc1-c1ccc(C(=O)[O-])[nH]1.[Na+]. The maximum atomic E-state index is 10.6. The largest absolute Gasteiger partial charge is 1.00 e. The molecule has 0 fully saturated rings. The minimum absolute atomic E-state index is 0. The van der Waals surface area contributed by atoms with Crippen molar-refractivity contribution in [1.29, 1.82) is 0 Å². The molecule has 1 N–H and O–H groups in total. The van der Waals surface area contributed by atoms with E-state index in [1.807, 2.05) is 24.3 Å². The number of rotatable bonds is 3. The summed E-state index contributed by atoms with van der Waals surface area (Å²) in [5.74, 6) is -0.532. The molecule has 1 aromatic heterocycles. The number of ether oxygens (including phenoxy) is 1. The van der Waals surface area contributed by atoms with Crippen LogP contribution in [-0.4, -0.2) is 18.1 Å². The van der Waals surface area contributed by atoms with E-state index in [1.165, 1.54) is 6.07 Å².